The van der Waals surface area contributed by atoms with Crippen LogP contribution in [0.25, 0.3) is 0 Å². The van der Waals surface area contributed by atoms with Gasteiger partial charge < -0.3 is 9.84 Å². The predicted molar refractivity (Wildman–Crippen MR) is 108 cm³/mol. The minimum absolute atomic E-state index is 0.0840. The number of nitrogens with zero attached hydrogens (tertiary/aromatic N) is 2. The molecule has 152 valence electrons. The molecule has 7 nitrogen and oxygen atoms in total. The number of sulfone groups is 1. The summed E-state index contributed by atoms with van der Waals surface area (Å²) in [5.74, 6) is -0.164. The van der Waals surface area contributed by atoms with Crippen LogP contribution >= 0.6 is 0 Å². The van der Waals surface area contributed by atoms with E-state index in [-0.39, 0.29) is 41.1 Å². The number of hydrogen-bond acceptors (Lipinski definition) is 6. The van der Waals surface area contributed by atoms with Gasteiger partial charge in [0, 0.05) is 19.4 Å². The number of amides is 1. The summed E-state index contributed by atoms with van der Waals surface area (Å²) in [6, 6.07) is 14.5. The molecule has 0 radical (unpaired) electrons. The van der Waals surface area contributed by atoms with Crippen LogP contribution in [0, 0.1) is 13.8 Å². The Kier molecular flexibility index (Phi) is 6.43. The fourth-order valence-corrected chi connectivity index (χ4v) is 3.96. The summed E-state index contributed by atoms with van der Waals surface area (Å²) in [5.41, 5.74) is 3.14. The van der Waals surface area contributed by atoms with Gasteiger partial charge in [-0.3, -0.25) is 4.79 Å². The van der Waals surface area contributed by atoms with Crippen molar-refractivity contribution in [3.63, 3.8) is 0 Å². The fraction of sp³-hybridized carbons (Fsp3) is 0.286. The molecule has 0 aliphatic rings. The first-order chi connectivity index (χ1) is 13.8. The van der Waals surface area contributed by atoms with Crippen LogP contribution in [0.2, 0.25) is 0 Å². The van der Waals surface area contributed by atoms with E-state index in [1.807, 2.05) is 38.1 Å². The first kappa shape index (κ1) is 20.7. The number of nitrogens with one attached hydrogen (secondary N) is 1. The van der Waals surface area contributed by atoms with E-state index in [9.17, 15) is 13.2 Å². The third-order valence-electron chi connectivity index (χ3n) is 4.35. The molecule has 29 heavy (non-hydrogen) atoms. The second-order valence-corrected chi connectivity index (χ2v) is 8.93. The van der Waals surface area contributed by atoms with Gasteiger partial charge in [0.2, 0.25) is 11.8 Å². The number of carbonyl (C=O) groups excluding carboxylic acids is 1. The summed E-state index contributed by atoms with van der Waals surface area (Å²) in [7, 11) is -3.56. The summed E-state index contributed by atoms with van der Waals surface area (Å²) in [4.78, 5) is 16.3. The van der Waals surface area contributed by atoms with Crippen LogP contribution in [0.15, 0.2) is 57.9 Å². The maximum atomic E-state index is 12.4. The zero-order valence-corrected chi connectivity index (χ0v) is 17.2. The van der Waals surface area contributed by atoms with Crippen molar-refractivity contribution in [1.82, 2.24) is 15.5 Å². The lowest BCUT2D eigenvalue weighted by atomic mass is 10.1. The molecule has 1 N–H and O–H groups in total. The van der Waals surface area contributed by atoms with Crippen molar-refractivity contribution in [3.05, 3.63) is 76.9 Å². The van der Waals surface area contributed by atoms with Crippen LogP contribution < -0.4 is 5.32 Å². The van der Waals surface area contributed by atoms with Gasteiger partial charge in [-0.25, -0.2) is 8.42 Å². The number of aryl methyl sites for hydroxylation is 3. The number of benzene rings is 2. The highest BCUT2D eigenvalue weighted by Gasteiger charge is 2.19. The average molecular weight is 413 g/mol. The molecular formula is C21H23N3O4S. The molecule has 0 bridgehead atoms. The van der Waals surface area contributed by atoms with Crippen molar-refractivity contribution in [3.8, 4) is 0 Å². The van der Waals surface area contributed by atoms with Crippen molar-refractivity contribution in [1.29, 1.82) is 0 Å². The molecule has 0 saturated heterocycles. The highest BCUT2D eigenvalue weighted by atomic mass is 32.2. The van der Waals surface area contributed by atoms with Gasteiger partial charge in [0.25, 0.3) is 0 Å². The van der Waals surface area contributed by atoms with E-state index in [1.165, 1.54) is 0 Å². The highest BCUT2D eigenvalue weighted by molar-refractivity contribution is 7.90. The Hall–Kier alpha value is -3.00. The summed E-state index contributed by atoms with van der Waals surface area (Å²) >= 11 is 0. The van der Waals surface area contributed by atoms with Crippen LogP contribution in [-0.4, -0.2) is 24.5 Å². The third-order valence-corrected chi connectivity index (χ3v) is 5.98. The van der Waals surface area contributed by atoms with E-state index in [4.69, 9.17) is 4.52 Å². The SMILES string of the molecule is Cc1ccc(S(=O)(=O)Cc2noc(CCC(=O)NCc3cccc(C)c3)n2)cc1. The van der Waals surface area contributed by atoms with Gasteiger partial charge in [-0.15, -0.1) is 0 Å². The zero-order valence-electron chi connectivity index (χ0n) is 16.4. The molecule has 0 aliphatic heterocycles. The van der Waals surface area contributed by atoms with Crippen molar-refractivity contribution >= 4 is 15.7 Å². The Balaban J connectivity index is 1.51. The Morgan fingerprint density at radius 2 is 1.83 bits per heavy atom. The van der Waals surface area contributed by atoms with Crippen molar-refractivity contribution in [2.24, 2.45) is 0 Å². The average Bonchev–Trinajstić information content (AvgIpc) is 3.12. The van der Waals surface area contributed by atoms with Crippen LogP contribution in [0.4, 0.5) is 0 Å². The van der Waals surface area contributed by atoms with Gasteiger partial charge >= 0.3 is 0 Å². The molecule has 0 spiro atoms. The predicted octanol–water partition coefficient (Wildman–Crippen LogP) is 2.91. The molecular weight excluding hydrogens is 390 g/mol. The van der Waals surface area contributed by atoms with Gasteiger partial charge in [0.05, 0.1) is 4.90 Å². The fourth-order valence-electron chi connectivity index (χ4n) is 2.78. The molecule has 1 heterocycles. The minimum atomic E-state index is -3.56. The van der Waals surface area contributed by atoms with Gasteiger partial charge in [0.15, 0.2) is 15.7 Å². The molecule has 0 fully saturated rings. The first-order valence-electron chi connectivity index (χ1n) is 9.25. The maximum Gasteiger partial charge on any atom is 0.227 e. The molecule has 0 aliphatic carbocycles. The van der Waals surface area contributed by atoms with E-state index >= 15 is 0 Å². The number of aromatic nitrogens is 2. The van der Waals surface area contributed by atoms with E-state index in [0.717, 1.165) is 16.7 Å². The van der Waals surface area contributed by atoms with Crippen LogP contribution in [0.1, 0.15) is 34.8 Å². The van der Waals surface area contributed by atoms with E-state index in [1.54, 1.807) is 24.3 Å². The quantitative estimate of drug-likeness (QED) is 0.609. The Morgan fingerprint density at radius 3 is 2.55 bits per heavy atom. The summed E-state index contributed by atoms with van der Waals surface area (Å²) in [5, 5.41) is 6.57. The first-order valence-corrected chi connectivity index (χ1v) is 10.9. The summed E-state index contributed by atoms with van der Waals surface area (Å²) in [6.07, 6.45) is 0.426. The van der Waals surface area contributed by atoms with Crippen LogP contribution in [0.5, 0.6) is 0 Å². The lowest BCUT2D eigenvalue weighted by Crippen LogP contribution is -2.23. The maximum absolute atomic E-state index is 12.4. The van der Waals surface area contributed by atoms with E-state index < -0.39 is 9.84 Å². The Labute approximate surface area is 170 Å². The second kappa shape index (κ2) is 9.00. The third kappa shape index (κ3) is 5.99. The monoisotopic (exact) mass is 413 g/mol. The number of rotatable bonds is 8. The second-order valence-electron chi connectivity index (χ2n) is 6.94. The van der Waals surface area contributed by atoms with Gasteiger partial charge in [-0.1, -0.05) is 52.7 Å². The lowest BCUT2D eigenvalue weighted by molar-refractivity contribution is -0.121. The van der Waals surface area contributed by atoms with Crippen molar-refractivity contribution in [2.45, 2.75) is 43.9 Å². The van der Waals surface area contributed by atoms with Crippen LogP contribution in [-0.2, 0) is 33.4 Å². The number of carbonyl (C=O) groups is 1. The summed E-state index contributed by atoms with van der Waals surface area (Å²) < 4.78 is 30.0. The highest BCUT2D eigenvalue weighted by Crippen LogP contribution is 2.16. The van der Waals surface area contributed by atoms with Gasteiger partial charge in [0.1, 0.15) is 5.75 Å². The molecule has 8 heteroatoms. The molecule has 0 unspecified atom stereocenters. The van der Waals surface area contributed by atoms with Gasteiger partial charge in [-0.05, 0) is 31.5 Å². The Morgan fingerprint density at radius 1 is 1.07 bits per heavy atom. The molecule has 0 saturated carbocycles. The minimum Gasteiger partial charge on any atom is -0.352 e. The standard InChI is InChI=1S/C21H23N3O4S/c1-15-6-8-18(9-7-15)29(26,27)14-19-23-21(28-24-19)11-10-20(25)22-13-17-5-3-4-16(2)12-17/h3-9,12H,10-11,13-14H2,1-2H3,(H,22,25). The van der Waals surface area contributed by atoms with E-state index in [2.05, 4.69) is 15.5 Å². The normalized spacial score (nSPS) is 11.4. The zero-order chi connectivity index (χ0) is 20.9. The molecule has 2 aromatic carbocycles. The molecule has 1 aromatic heterocycles. The van der Waals surface area contributed by atoms with Crippen LogP contribution in [0.3, 0.4) is 0 Å². The molecule has 3 aromatic rings. The van der Waals surface area contributed by atoms with Crippen molar-refractivity contribution in [2.75, 3.05) is 0 Å². The molecule has 3 rings (SSSR count). The molecule has 1 amide bonds. The van der Waals surface area contributed by atoms with E-state index in [0.29, 0.717) is 6.54 Å². The number of hydrogen-bond donors (Lipinski definition) is 1. The Bertz CT molecular complexity index is 1090. The molecule has 0 atom stereocenters. The lowest BCUT2D eigenvalue weighted by Gasteiger charge is -2.05. The van der Waals surface area contributed by atoms with Crippen molar-refractivity contribution < 1.29 is 17.7 Å². The smallest absolute Gasteiger partial charge is 0.227 e. The summed E-state index contributed by atoms with van der Waals surface area (Å²) in [6.45, 7) is 4.33. The topological polar surface area (TPSA) is 102 Å². The van der Waals surface area contributed by atoms with Gasteiger partial charge in [-0.2, -0.15) is 4.98 Å². The largest absolute Gasteiger partial charge is 0.352 e.